The number of amides is 1. The van der Waals surface area contributed by atoms with Crippen molar-refractivity contribution in [2.75, 3.05) is 32.1 Å². The van der Waals surface area contributed by atoms with Gasteiger partial charge in [-0.15, -0.1) is 0 Å². The van der Waals surface area contributed by atoms with Gasteiger partial charge in [0, 0.05) is 39.4 Å². The maximum absolute atomic E-state index is 11.9. The van der Waals surface area contributed by atoms with Crippen molar-refractivity contribution in [3.63, 3.8) is 0 Å². The lowest BCUT2D eigenvalue weighted by Gasteiger charge is -2.14. The van der Waals surface area contributed by atoms with E-state index in [1.54, 1.807) is 19.3 Å². The van der Waals surface area contributed by atoms with Gasteiger partial charge >= 0.3 is 0 Å². The van der Waals surface area contributed by atoms with E-state index in [2.05, 4.69) is 25.9 Å². The number of aliphatic imine (C=N–C) groups is 1. The van der Waals surface area contributed by atoms with E-state index < -0.39 is 0 Å². The van der Waals surface area contributed by atoms with Crippen molar-refractivity contribution in [3.8, 4) is 0 Å². The Balaban J connectivity index is 1.64. The Labute approximate surface area is 136 Å². The van der Waals surface area contributed by atoms with E-state index in [9.17, 15) is 4.79 Å². The number of nitrogens with one attached hydrogen (secondary N) is 3. The first kappa shape index (κ1) is 17.2. The standard InChI is InChI=1S/C16H25N5O2/c1-12-5-6-14(19-10-12)21-15(22)7-8-18-16(17-2)20-11-13-4-3-9-23-13/h5-6,10,13H,3-4,7-9,11H2,1-2H3,(H2,17,18,20)(H,19,21,22). The molecule has 2 heterocycles. The Morgan fingerprint density at radius 3 is 2.96 bits per heavy atom. The smallest absolute Gasteiger partial charge is 0.227 e. The molecule has 1 amide bonds. The average molecular weight is 319 g/mol. The Morgan fingerprint density at radius 2 is 2.30 bits per heavy atom. The third-order valence-electron chi connectivity index (χ3n) is 3.57. The molecule has 0 bridgehead atoms. The number of anilines is 1. The van der Waals surface area contributed by atoms with Crippen LogP contribution in [0.25, 0.3) is 0 Å². The van der Waals surface area contributed by atoms with E-state index in [1.165, 1.54) is 0 Å². The zero-order valence-electron chi connectivity index (χ0n) is 13.8. The van der Waals surface area contributed by atoms with E-state index in [-0.39, 0.29) is 12.0 Å². The number of hydrogen-bond donors (Lipinski definition) is 3. The van der Waals surface area contributed by atoms with Gasteiger partial charge in [-0.2, -0.15) is 0 Å². The molecular formula is C16H25N5O2. The monoisotopic (exact) mass is 319 g/mol. The maximum Gasteiger partial charge on any atom is 0.227 e. The van der Waals surface area contributed by atoms with Crippen molar-refractivity contribution in [1.29, 1.82) is 0 Å². The van der Waals surface area contributed by atoms with Crippen molar-refractivity contribution in [2.24, 2.45) is 4.99 Å². The van der Waals surface area contributed by atoms with Crippen molar-refractivity contribution in [2.45, 2.75) is 32.3 Å². The second-order valence-electron chi connectivity index (χ2n) is 5.53. The minimum Gasteiger partial charge on any atom is -0.376 e. The molecular weight excluding hydrogens is 294 g/mol. The van der Waals surface area contributed by atoms with Gasteiger partial charge in [0.05, 0.1) is 6.10 Å². The van der Waals surface area contributed by atoms with Gasteiger partial charge in [0.15, 0.2) is 5.96 Å². The van der Waals surface area contributed by atoms with Crippen LogP contribution >= 0.6 is 0 Å². The molecule has 126 valence electrons. The molecule has 2 rings (SSSR count). The van der Waals surface area contributed by atoms with Crippen LogP contribution in [-0.4, -0.2) is 49.7 Å². The Bertz CT molecular complexity index is 524. The number of guanidine groups is 1. The van der Waals surface area contributed by atoms with E-state index in [0.717, 1.165) is 31.6 Å². The minimum atomic E-state index is -0.0802. The molecule has 1 aromatic rings. The molecule has 1 aliphatic rings. The van der Waals surface area contributed by atoms with Gasteiger partial charge in [0.25, 0.3) is 0 Å². The molecule has 0 spiro atoms. The largest absolute Gasteiger partial charge is 0.376 e. The van der Waals surface area contributed by atoms with Crippen LogP contribution in [0.2, 0.25) is 0 Å². The van der Waals surface area contributed by atoms with Crippen LogP contribution in [-0.2, 0) is 9.53 Å². The summed E-state index contributed by atoms with van der Waals surface area (Å²) in [5.74, 6) is 1.17. The molecule has 0 aromatic carbocycles. The average Bonchev–Trinajstić information content (AvgIpc) is 3.06. The lowest BCUT2D eigenvalue weighted by molar-refractivity contribution is -0.116. The minimum absolute atomic E-state index is 0.0802. The number of carbonyl (C=O) groups excluding carboxylic acids is 1. The molecule has 1 saturated heterocycles. The molecule has 0 aliphatic carbocycles. The van der Waals surface area contributed by atoms with Crippen molar-refractivity contribution < 1.29 is 9.53 Å². The zero-order valence-corrected chi connectivity index (χ0v) is 13.8. The van der Waals surface area contributed by atoms with Crippen LogP contribution in [0.15, 0.2) is 23.3 Å². The summed E-state index contributed by atoms with van der Waals surface area (Å²) < 4.78 is 5.55. The summed E-state index contributed by atoms with van der Waals surface area (Å²) in [4.78, 5) is 20.1. The number of pyridine rings is 1. The van der Waals surface area contributed by atoms with Crippen LogP contribution in [0, 0.1) is 6.92 Å². The van der Waals surface area contributed by atoms with Crippen molar-refractivity contribution >= 4 is 17.7 Å². The van der Waals surface area contributed by atoms with E-state index in [0.29, 0.717) is 24.7 Å². The molecule has 1 aliphatic heterocycles. The van der Waals surface area contributed by atoms with Crippen LogP contribution in [0.1, 0.15) is 24.8 Å². The van der Waals surface area contributed by atoms with E-state index in [4.69, 9.17) is 4.74 Å². The van der Waals surface area contributed by atoms with E-state index >= 15 is 0 Å². The molecule has 7 heteroatoms. The number of aryl methyl sites for hydroxylation is 1. The Morgan fingerprint density at radius 1 is 1.43 bits per heavy atom. The lowest BCUT2D eigenvalue weighted by atomic mass is 10.2. The molecule has 23 heavy (non-hydrogen) atoms. The van der Waals surface area contributed by atoms with Crippen LogP contribution in [0.3, 0.4) is 0 Å². The summed E-state index contributed by atoms with van der Waals surface area (Å²) >= 11 is 0. The van der Waals surface area contributed by atoms with Gasteiger partial charge in [-0.05, 0) is 31.4 Å². The molecule has 3 N–H and O–H groups in total. The highest BCUT2D eigenvalue weighted by Gasteiger charge is 2.15. The normalized spacial score (nSPS) is 17.8. The summed E-state index contributed by atoms with van der Waals surface area (Å²) in [7, 11) is 1.71. The van der Waals surface area contributed by atoms with Gasteiger partial charge in [0.2, 0.25) is 5.91 Å². The van der Waals surface area contributed by atoms with Gasteiger partial charge in [-0.3, -0.25) is 9.79 Å². The Kier molecular flexibility index (Phi) is 6.80. The summed E-state index contributed by atoms with van der Waals surface area (Å²) in [5, 5.41) is 9.10. The van der Waals surface area contributed by atoms with Gasteiger partial charge in [-0.25, -0.2) is 4.98 Å². The van der Waals surface area contributed by atoms with Crippen molar-refractivity contribution in [1.82, 2.24) is 15.6 Å². The topological polar surface area (TPSA) is 87.6 Å². The first-order chi connectivity index (χ1) is 11.2. The molecule has 1 unspecified atom stereocenters. The van der Waals surface area contributed by atoms with Gasteiger partial charge in [-0.1, -0.05) is 6.07 Å². The van der Waals surface area contributed by atoms with E-state index in [1.807, 2.05) is 13.0 Å². The number of carbonyl (C=O) groups is 1. The van der Waals surface area contributed by atoms with Crippen LogP contribution in [0.4, 0.5) is 5.82 Å². The maximum atomic E-state index is 11.9. The fourth-order valence-electron chi connectivity index (χ4n) is 2.28. The summed E-state index contributed by atoms with van der Waals surface area (Å²) in [6, 6.07) is 3.71. The molecule has 0 radical (unpaired) electrons. The van der Waals surface area contributed by atoms with Crippen LogP contribution in [0.5, 0.6) is 0 Å². The first-order valence-electron chi connectivity index (χ1n) is 7.96. The summed E-state index contributed by atoms with van der Waals surface area (Å²) in [5.41, 5.74) is 1.06. The molecule has 7 nitrogen and oxygen atoms in total. The highest BCUT2D eigenvalue weighted by atomic mass is 16.5. The summed E-state index contributed by atoms with van der Waals surface area (Å²) in [6.45, 7) is 4.03. The zero-order chi connectivity index (χ0) is 16.5. The number of hydrogen-bond acceptors (Lipinski definition) is 4. The number of aromatic nitrogens is 1. The quantitative estimate of drug-likeness (QED) is 0.539. The van der Waals surface area contributed by atoms with Gasteiger partial charge in [0.1, 0.15) is 5.82 Å². The molecule has 1 atom stereocenters. The molecule has 0 saturated carbocycles. The number of rotatable bonds is 6. The third-order valence-corrected chi connectivity index (χ3v) is 3.57. The molecule has 1 fully saturated rings. The summed E-state index contributed by atoms with van der Waals surface area (Å²) in [6.07, 6.45) is 4.52. The first-order valence-corrected chi connectivity index (χ1v) is 7.96. The van der Waals surface area contributed by atoms with Gasteiger partial charge < -0.3 is 20.7 Å². The highest BCUT2D eigenvalue weighted by Crippen LogP contribution is 2.10. The predicted octanol–water partition coefficient (Wildman–Crippen LogP) is 1.06. The fraction of sp³-hybridized carbons (Fsp3) is 0.562. The fourth-order valence-corrected chi connectivity index (χ4v) is 2.28. The second kappa shape index (κ2) is 9.09. The third kappa shape index (κ3) is 6.23. The number of nitrogens with zero attached hydrogens (tertiary/aromatic N) is 2. The van der Waals surface area contributed by atoms with Crippen molar-refractivity contribution in [3.05, 3.63) is 23.9 Å². The van der Waals surface area contributed by atoms with Crippen LogP contribution < -0.4 is 16.0 Å². The predicted molar refractivity (Wildman–Crippen MR) is 90.6 cm³/mol. The second-order valence-corrected chi connectivity index (χ2v) is 5.53. The lowest BCUT2D eigenvalue weighted by Crippen LogP contribution is -2.41. The Hall–Kier alpha value is -2.15. The SMILES string of the molecule is CN=C(NCCC(=O)Nc1ccc(C)cn1)NCC1CCCO1. The molecule has 1 aromatic heterocycles. The number of ether oxygens (including phenoxy) is 1. The highest BCUT2D eigenvalue weighted by molar-refractivity contribution is 5.90.